The van der Waals surface area contributed by atoms with Gasteiger partial charge in [0.2, 0.25) is 5.78 Å². The van der Waals surface area contributed by atoms with E-state index in [0.717, 1.165) is 22.5 Å². The van der Waals surface area contributed by atoms with Crippen molar-refractivity contribution < 1.29 is 9.47 Å². The van der Waals surface area contributed by atoms with Crippen molar-refractivity contribution in [1.82, 2.24) is 14.4 Å². The molecule has 0 saturated carbocycles. The van der Waals surface area contributed by atoms with E-state index in [0.29, 0.717) is 18.0 Å². The SMILES string of the molecule is COc1cc2nc3[nH]c(CN)cn3c2cc1OC. The average Bonchev–Trinajstić information content (AvgIpc) is 2.93. The van der Waals surface area contributed by atoms with Crippen LogP contribution in [0.1, 0.15) is 5.69 Å². The Balaban J connectivity index is 2.32. The van der Waals surface area contributed by atoms with E-state index in [-0.39, 0.29) is 0 Å². The molecule has 1 aromatic carbocycles. The van der Waals surface area contributed by atoms with Crippen LogP contribution in [0.15, 0.2) is 18.3 Å². The van der Waals surface area contributed by atoms with Crippen LogP contribution in [0.5, 0.6) is 11.5 Å². The second kappa shape index (κ2) is 3.92. The number of hydrogen-bond donors (Lipinski definition) is 2. The highest BCUT2D eigenvalue weighted by atomic mass is 16.5. The topological polar surface area (TPSA) is 77.6 Å². The lowest BCUT2D eigenvalue weighted by Crippen LogP contribution is -1.95. The number of aromatic nitrogens is 3. The smallest absolute Gasteiger partial charge is 0.212 e. The molecule has 2 aromatic heterocycles. The van der Waals surface area contributed by atoms with E-state index in [1.54, 1.807) is 14.2 Å². The van der Waals surface area contributed by atoms with Crippen LogP contribution in [0.25, 0.3) is 16.8 Å². The number of nitrogens with one attached hydrogen (secondary N) is 1. The molecule has 0 amide bonds. The molecule has 6 nitrogen and oxygen atoms in total. The number of H-pyrrole nitrogens is 1. The van der Waals surface area contributed by atoms with Gasteiger partial charge in [0.05, 0.1) is 25.3 Å². The van der Waals surface area contributed by atoms with Gasteiger partial charge in [0, 0.05) is 30.6 Å². The monoisotopic (exact) mass is 246 g/mol. The number of imidazole rings is 2. The lowest BCUT2D eigenvalue weighted by atomic mass is 10.2. The van der Waals surface area contributed by atoms with Gasteiger partial charge in [-0.2, -0.15) is 0 Å². The Labute approximate surface area is 103 Å². The van der Waals surface area contributed by atoms with Crippen molar-refractivity contribution >= 4 is 16.8 Å². The number of benzene rings is 1. The first kappa shape index (κ1) is 10.9. The van der Waals surface area contributed by atoms with Crippen molar-refractivity contribution in [1.29, 1.82) is 0 Å². The normalized spacial score (nSPS) is 11.3. The van der Waals surface area contributed by atoms with Crippen LogP contribution in [-0.2, 0) is 6.54 Å². The Bertz CT molecular complexity index is 714. The molecule has 3 rings (SSSR count). The standard InChI is InChI=1S/C12H14N4O2/c1-17-10-3-8-9(4-11(10)18-2)16-6-7(5-13)14-12(16)15-8/h3-4,6H,5,13H2,1-2H3,(H,14,15). The van der Waals surface area contributed by atoms with Crippen molar-refractivity contribution in [3.63, 3.8) is 0 Å². The van der Waals surface area contributed by atoms with Crippen LogP contribution in [0.3, 0.4) is 0 Å². The van der Waals surface area contributed by atoms with Crippen LogP contribution in [0.2, 0.25) is 0 Å². The molecule has 0 unspecified atom stereocenters. The summed E-state index contributed by atoms with van der Waals surface area (Å²) in [6, 6.07) is 3.76. The summed E-state index contributed by atoms with van der Waals surface area (Å²) in [5, 5.41) is 0. The van der Waals surface area contributed by atoms with Crippen molar-refractivity contribution in [3.8, 4) is 11.5 Å². The summed E-state index contributed by atoms with van der Waals surface area (Å²) in [4.78, 5) is 7.64. The zero-order chi connectivity index (χ0) is 12.7. The fourth-order valence-electron chi connectivity index (χ4n) is 2.08. The lowest BCUT2D eigenvalue weighted by Gasteiger charge is -2.06. The molecular weight excluding hydrogens is 232 g/mol. The molecule has 0 aliphatic carbocycles. The summed E-state index contributed by atoms with van der Waals surface area (Å²) in [6.07, 6.45) is 1.94. The van der Waals surface area contributed by atoms with Gasteiger partial charge in [-0.25, -0.2) is 4.98 Å². The Morgan fingerprint density at radius 1 is 1.28 bits per heavy atom. The van der Waals surface area contributed by atoms with E-state index in [1.165, 1.54) is 0 Å². The second-order valence-electron chi connectivity index (χ2n) is 3.98. The second-order valence-corrected chi connectivity index (χ2v) is 3.98. The van der Waals surface area contributed by atoms with Gasteiger partial charge in [-0.05, 0) is 0 Å². The van der Waals surface area contributed by atoms with Gasteiger partial charge in [0.15, 0.2) is 11.5 Å². The first-order chi connectivity index (χ1) is 8.76. The molecule has 6 heteroatoms. The number of rotatable bonds is 3. The molecule has 0 bridgehead atoms. The zero-order valence-corrected chi connectivity index (χ0v) is 10.2. The minimum Gasteiger partial charge on any atom is -0.493 e. The predicted octanol–water partition coefficient (Wildman–Crippen LogP) is 1.29. The first-order valence-electron chi connectivity index (χ1n) is 5.58. The van der Waals surface area contributed by atoms with E-state index in [4.69, 9.17) is 15.2 Å². The molecule has 2 heterocycles. The molecule has 0 saturated heterocycles. The molecule has 18 heavy (non-hydrogen) atoms. The van der Waals surface area contributed by atoms with Crippen molar-refractivity contribution in [2.45, 2.75) is 6.54 Å². The molecule has 0 aliphatic heterocycles. The average molecular weight is 246 g/mol. The minimum atomic E-state index is 0.456. The van der Waals surface area contributed by atoms with Gasteiger partial charge in [0.1, 0.15) is 0 Å². The molecule has 0 radical (unpaired) electrons. The summed E-state index contributed by atoms with van der Waals surface area (Å²) in [7, 11) is 3.22. The Kier molecular flexibility index (Phi) is 2.38. The van der Waals surface area contributed by atoms with E-state index >= 15 is 0 Å². The highest BCUT2D eigenvalue weighted by Crippen LogP contribution is 2.32. The Morgan fingerprint density at radius 2 is 2.00 bits per heavy atom. The quantitative estimate of drug-likeness (QED) is 0.730. The highest BCUT2D eigenvalue weighted by molar-refractivity contribution is 5.83. The van der Waals surface area contributed by atoms with Crippen LogP contribution in [0.4, 0.5) is 0 Å². The summed E-state index contributed by atoms with van der Waals surface area (Å²) in [5.74, 6) is 2.12. The van der Waals surface area contributed by atoms with Gasteiger partial charge < -0.3 is 20.2 Å². The number of nitrogens with zero attached hydrogens (tertiary/aromatic N) is 2. The molecule has 0 atom stereocenters. The number of fused-ring (bicyclic) bond motifs is 3. The number of methoxy groups -OCH3 is 2. The van der Waals surface area contributed by atoms with Gasteiger partial charge >= 0.3 is 0 Å². The highest BCUT2D eigenvalue weighted by Gasteiger charge is 2.12. The number of aromatic amines is 1. The predicted molar refractivity (Wildman–Crippen MR) is 68.0 cm³/mol. The van der Waals surface area contributed by atoms with Gasteiger partial charge in [-0.3, -0.25) is 4.40 Å². The Hall–Kier alpha value is -2.21. The minimum absolute atomic E-state index is 0.456. The number of hydrogen-bond acceptors (Lipinski definition) is 4. The van der Waals surface area contributed by atoms with Crippen molar-refractivity contribution in [2.24, 2.45) is 5.73 Å². The molecular formula is C12H14N4O2. The molecule has 94 valence electrons. The number of nitrogens with two attached hydrogens (primary N) is 1. The molecule has 3 aromatic rings. The van der Waals surface area contributed by atoms with Gasteiger partial charge in [-0.1, -0.05) is 0 Å². The fraction of sp³-hybridized carbons (Fsp3) is 0.250. The van der Waals surface area contributed by atoms with Crippen LogP contribution in [-0.4, -0.2) is 28.6 Å². The van der Waals surface area contributed by atoms with Crippen molar-refractivity contribution in [3.05, 3.63) is 24.0 Å². The summed E-state index contributed by atoms with van der Waals surface area (Å²) < 4.78 is 12.5. The zero-order valence-electron chi connectivity index (χ0n) is 10.2. The molecule has 3 N–H and O–H groups in total. The van der Waals surface area contributed by atoms with Crippen LogP contribution in [0, 0.1) is 0 Å². The van der Waals surface area contributed by atoms with E-state index in [1.807, 2.05) is 22.7 Å². The molecule has 0 aliphatic rings. The summed E-state index contributed by atoms with van der Waals surface area (Å²) >= 11 is 0. The first-order valence-corrected chi connectivity index (χ1v) is 5.58. The largest absolute Gasteiger partial charge is 0.493 e. The number of ether oxygens (including phenoxy) is 2. The van der Waals surface area contributed by atoms with Crippen LogP contribution >= 0.6 is 0 Å². The van der Waals surface area contributed by atoms with E-state index in [9.17, 15) is 0 Å². The summed E-state index contributed by atoms with van der Waals surface area (Å²) in [6.45, 7) is 0.456. The third kappa shape index (κ3) is 1.42. The van der Waals surface area contributed by atoms with E-state index < -0.39 is 0 Å². The van der Waals surface area contributed by atoms with Gasteiger partial charge in [-0.15, -0.1) is 0 Å². The van der Waals surface area contributed by atoms with Crippen molar-refractivity contribution in [2.75, 3.05) is 14.2 Å². The Morgan fingerprint density at radius 3 is 2.67 bits per heavy atom. The maximum atomic E-state index is 5.60. The van der Waals surface area contributed by atoms with Crippen LogP contribution < -0.4 is 15.2 Å². The fourth-order valence-corrected chi connectivity index (χ4v) is 2.08. The maximum absolute atomic E-state index is 5.60. The third-order valence-electron chi connectivity index (χ3n) is 2.97. The van der Waals surface area contributed by atoms with E-state index in [2.05, 4.69) is 9.97 Å². The molecule has 0 spiro atoms. The summed E-state index contributed by atoms with van der Waals surface area (Å²) in [5.41, 5.74) is 8.35. The third-order valence-corrected chi connectivity index (χ3v) is 2.97. The molecule has 0 fully saturated rings. The maximum Gasteiger partial charge on any atom is 0.212 e. The lowest BCUT2D eigenvalue weighted by molar-refractivity contribution is 0.355. The van der Waals surface area contributed by atoms with Gasteiger partial charge in [0.25, 0.3) is 0 Å².